The first-order chi connectivity index (χ1) is 15.9. The Morgan fingerprint density at radius 2 is 1.76 bits per heavy atom. The van der Waals surface area contributed by atoms with Gasteiger partial charge < -0.3 is 15.0 Å². The predicted molar refractivity (Wildman–Crippen MR) is 134 cm³/mol. The van der Waals surface area contributed by atoms with Crippen molar-refractivity contribution in [3.05, 3.63) is 76.3 Å². The standard InChI is InChI=1S/C26H28Cl2N2O3/c1-3-14-29-26(32)23(4-2)30(16-18-12-13-21(27)22(28)15-18)25(31)17-33-24-11-7-9-19-8-5-6-10-20(19)24/h5-13,15,23H,3-4,14,16-17H2,1-2H3,(H,29,32)/t23-/m1/s1. The number of hydrogen-bond acceptors (Lipinski definition) is 3. The summed E-state index contributed by atoms with van der Waals surface area (Å²) < 4.78 is 5.93. The molecule has 7 heteroatoms. The zero-order valence-corrected chi connectivity index (χ0v) is 20.3. The molecule has 3 aromatic carbocycles. The Morgan fingerprint density at radius 1 is 1.00 bits per heavy atom. The molecular formula is C26H28Cl2N2O3. The van der Waals surface area contributed by atoms with Crippen molar-refractivity contribution in [2.24, 2.45) is 0 Å². The number of nitrogens with one attached hydrogen (secondary N) is 1. The predicted octanol–water partition coefficient (Wildman–Crippen LogP) is 5.86. The highest BCUT2D eigenvalue weighted by molar-refractivity contribution is 6.42. The van der Waals surface area contributed by atoms with Crippen molar-refractivity contribution in [3.63, 3.8) is 0 Å². The zero-order chi connectivity index (χ0) is 23.8. The maximum atomic E-state index is 13.3. The molecule has 33 heavy (non-hydrogen) atoms. The van der Waals surface area contributed by atoms with Gasteiger partial charge in [0.05, 0.1) is 10.0 Å². The van der Waals surface area contributed by atoms with Crippen LogP contribution in [0.4, 0.5) is 0 Å². The van der Waals surface area contributed by atoms with Crippen LogP contribution in [0.2, 0.25) is 10.0 Å². The molecule has 0 heterocycles. The Hall–Kier alpha value is -2.76. The minimum absolute atomic E-state index is 0.182. The van der Waals surface area contributed by atoms with Crippen LogP contribution in [-0.2, 0) is 16.1 Å². The Kier molecular flexibility index (Phi) is 8.98. The third kappa shape index (κ3) is 6.40. The van der Waals surface area contributed by atoms with Crippen molar-refractivity contribution in [3.8, 4) is 5.75 Å². The van der Waals surface area contributed by atoms with Crippen LogP contribution in [0.25, 0.3) is 10.8 Å². The van der Waals surface area contributed by atoms with Crippen LogP contribution in [0.5, 0.6) is 5.75 Å². The number of halogens is 2. The molecule has 0 bridgehead atoms. The van der Waals surface area contributed by atoms with Gasteiger partial charge >= 0.3 is 0 Å². The van der Waals surface area contributed by atoms with Gasteiger partial charge in [-0.25, -0.2) is 0 Å². The fourth-order valence-electron chi connectivity index (χ4n) is 3.66. The van der Waals surface area contributed by atoms with E-state index in [4.69, 9.17) is 27.9 Å². The Bertz CT molecular complexity index is 1110. The summed E-state index contributed by atoms with van der Waals surface area (Å²) in [6, 6.07) is 18.1. The maximum Gasteiger partial charge on any atom is 0.261 e. The van der Waals surface area contributed by atoms with Gasteiger partial charge in [-0.2, -0.15) is 0 Å². The van der Waals surface area contributed by atoms with Crippen LogP contribution >= 0.6 is 23.2 Å². The van der Waals surface area contributed by atoms with Gasteiger partial charge in [0.25, 0.3) is 5.91 Å². The highest BCUT2D eigenvalue weighted by Gasteiger charge is 2.29. The van der Waals surface area contributed by atoms with Gasteiger partial charge in [0.15, 0.2) is 6.61 Å². The quantitative estimate of drug-likeness (QED) is 0.390. The van der Waals surface area contributed by atoms with Gasteiger partial charge in [-0.15, -0.1) is 0 Å². The van der Waals surface area contributed by atoms with Crippen LogP contribution in [0, 0.1) is 0 Å². The van der Waals surface area contributed by atoms with Crippen molar-refractivity contribution in [2.45, 2.75) is 39.3 Å². The van der Waals surface area contributed by atoms with Crippen molar-refractivity contribution >= 4 is 45.8 Å². The van der Waals surface area contributed by atoms with Crippen LogP contribution in [0.15, 0.2) is 60.7 Å². The van der Waals surface area contributed by atoms with E-state index >= 15 is 0 Å². The number of rotatable bonds is 10. The normalized spacial score (nSPS) is 11.8. The average Bonchev–Trinajstić information content (AvgIpc) is 2.83. The molecule has 1 atom stereocenters. The molecule has 5 nitrogen and oxygen atoms in total. The number of carbonyl (C=O) groups is 2. The van der Waals surface area contributed by atoms with Crippen LogP contribution < -0.4 is 10.1 Å². The first-order valence-electron chi connectivity index (χ1n) is 11.1. The van der Waals surface area contributed by atoms with Gasteiger partial charge in [-0.3, -0.25) is 9.59 Å². The molecule has 0 aliphatic rings. The van der Waals surface area contributed by atoms with E-state index < -0.39 is 6.04 Å². The molecule has 3 aromatic rings. The molecular weight excluding hydrogens is 459 g/mol. The van der Waals surface area contributed by atoms with Gasteiger partial charge in [0.2, 0.25) is 5.91 Å². The van der Waals surface area contributed by atoms with E-state index in [1.165, 1.54) is 0 Å². The third-order valence-electron chi connectivity index (χ3n) is 5.37. The maximum absolute atomic E-state index is 13.3. The largest absolute Gasteiger partial charge is 0.483 e. The van der Waals surface area contributed by atoms with Gasteiger partial charge in [0, 0.05) is 18.5 Å². The third-order valence-corrected chi connectivity index (χ3v) is 6.11. The molecule has 3 rings (SSSR count). The highest BCUT2D eigenvalue weighted by atomic mass is 35.5. The van der Waals surface area contributed by atoms with Gasteiger partial charge in [0.1, 0.15) is 11.8 Å². The lowest BCUT2D eigenvalue weighted by Gasteiger charge is -2.30. The molecule has 0 aromatic heterocycles. The number of hydrogen-bond donors (Lipinski definition) is 1. The molecule has 0 aliphatic heterocycles. The molecule has 0 saturated heterocycles. The van der Waals surface area contributed by atoms with E-state index in [9.17, 15) is 9.59 Å². The number of benzene rings is 3. The van der Waals surface area contributed by atoms with E-state index in [1.54, 1.807) is 23.1 Å². The topological polar surface area (TPSA) is 58.6 Å². The molecule has 0 unspecified atom stereocenters. The van der Waals surface area contributed by atoms with E-state index in [1.807, 2.05) is 56.3 Å². The number of fused-ring (bicyclic) bond motifs is 1. The van der Waals surface area contributed by atoms with Crippen molar-refractivity contribution in [1.82, 2.24) is 10.2 Å². The Morgan fingerprint density at radius 3 is 2.48 bits per heavy atom. The highest BCUT2D eigenvalue weighted by Crippen LogP contribution is 2.26. The average molecular weight is 487 g/mol. The van der Waals surface area contributed by atoms with Crippen molar-refractivity contribution in [2.75, 3.05) is 13.2 Å². The molecule has 174 valence electrons. The Labute approximate surface area is 204 Å². The summed E-state index contributed by atoms with van der Waals surface area (Å²) in [5.74, 6) is 0.157. The smallest absolute Gasteiger partial charge is 0.261 e. The van der Waals surface area contributed by atoms with Crippen molar-refractivity contribution in [1.29, 1.82) is 0 Å². The van der Waals surface area contributed by atoms with E-state index in [0.29, 0.717) is 28.8 Å². The molecule has 0 fully saturated rings. The van der Waals surface area contributed by atoms with Gasteiger partial charge in [-0.1, -0.05) is 79.5 Å². The summed E-state index contributed by atoms with van der Waals surface area (Å²) >= 11 is 12.2. The summed E-state index contributed by atoms with van der Waals surface area (Å²) in [5, 5.41) is 5.69. The first-order valence-corrected chi connectivity index (χ1v) is 11.8. The fourth-order valence-corrected chi connectivity index (χ4v) is 3.98. The van der Waals surface area contributed by atoms with E-state index in [2.05, 4.69) is 5.32 Å². The summed E-state index contributed by atoms with van der Waals surface area (Å²) in [7, 11) is 0. The number of nitrogens with zero attached hydrogens (tertiary/aromatic N) is 1. The second-order valence-electron chi connectivity index (χ2n) is 7.75. The molecule has 0 saturated carbocycles. The fraction of sp³-hybridized carbons (Fsp3) is 0.308. The molecule has 0 aliphatic carbocycles. The lowest BCUT2D eigenvalue weighted by Crippen LogP contribution is -2.50. The van der Waals surface area contributed by atoms with E-state index in [-0.39, 0.29) is 25.0 Å². The number of ether oxygens (including phenoxy) is 1. The first kappa shape index (κ1) is 24.9. The summed E-state index contributed by atoms with van der Waals surface area (Å²) in [6.07, 6.45) is 1.28. The number of carbonyl (C=O) groups excluding carboxylic acids is 2. The lowest BCUT2D eigenvalue weighted by molar-refractivity contribution is -0.142. The lowest BCUT2D eigenvalue weighted by atomic mass is 10.1. The second kappa shape index (κ2) is 11.9. The molecule has 0 spiro atoms. The van der Waals surface area contributed by atoms with Crippen molar-refractivity contribution < 1.29 is 14.3 Å². The second-order valence-corrected chi connectivity index (χ2v) is 8.57. The molecule has 2 amide bonds. The number of amides is 2. The molecule has 0 radical (unpaired) electrons. The SMILES string of the molecule is CCCNC(=O)[C@@H](CC)N(Cc1ccc(Cl)c(Cl)c1)C(=O)COc1cccc2ccccc12. The summed E-state index contributed by atoms with van der Waals surface area (Å²) in [5.41, 5.74) is 0.782. The monoisotopic (exact) mass is 486 g/mol. The minimum Gasteiger partial charge on any atom is -0.483 e. The zero-order valence-electron chi connectivity index (χ0n) is 18.8. The van der Waals surface area contributed by atoms with Crippen LogP contribution in [0.1, 0.15) is 32.3 Å². The van der Waals surface area contributed by atoms with E-state index in [0.717, 1.165) is 22.8 Å². The van der Waals surface area contributed by atoms with Crippen LogP contribution in [-0.4, -0.2) is 35.9 Å². The Balaban J connectivity index is 1.83. The minimum atomic E-state index is -0.630. The van der Waals surface area contributed by atoms with Gasteiger partial charge in [-0.05, 0) is 42.0 Å². The van der Waals surface area contributed by atoms with Crippen LogP contribution in [0.3, 0.4) is 0 Å². The summed E-state index contributed by atoms with van der Waals surface area (Å²) in [6.45, 7) is 4.45. The summed E-state index contributed by atoms with van der Waals surface area (Å²) in [4.78, 5) is 27.7. The molecule has 1 N–H and O–H groups in total.